The topological polar surface area (TPSA) is 49.4 Å². The van der Waals surface area contributed by atoms with Crippen LogP contribution in [0.15, 0.2) is 24.3 Å². The lowest BCUT2D eigenvalue weighted by atomic mass is 9.88. The number of hydrogen-bond acceptors (Lipinski definition) is 3. The van der Waals surface area contributed by atoms with Gasteiger partial charge in [0.05, 0.1) is 5.56 Å². The van der Waals surface area contributed by atoms with Crippen LogP contribution in [0.5, 0.6) is 0 Å². The average Bonchev–Trinajstić information content (AvgIpc) is 2.87. The van der Waals surface area contributed by atoms with Crippen LogP contribution in [-0.4, -0.2) is 29.8 Å². The number of carbonyl (C=O) groups excluding carboxylic acids is 2. The molecule has 0 bridgehead atoms. The van der Waals surface area contributed by atoms with Crippen LogP contribution in [0.3, 0.4) is 0 Å². The molecule has 1 aliphatic heterocycles. The molecular weight excluding hydrogens is 380 g/mol. The number of amides is 2. The molecule has 1 atom stereocenters. The third-order valence-electron chi connectivity index (χ3n) is 6.16. The van der Waals surface area contributed by atoms with Gasteiger partial charge in [0, 0.05) is 23.5 Å². The maximum Gasteiger partial charge on any atom is 0.257 e. The largest absolute Gasteiger partial charge is 0.339 e. The predicted molar refractivity (Wildman–Crippen MR) is 119 cm³/mol. The number of aryl methyl sites for hydroxylation is 1. The second-order valence-corrected chi connectivity index (χ2v) is 9.69. The predicted octanol–water partition coefficient (Wildman–Crippen LogP) is 5.45. The fourth-order valence-electron chi connectivity index (χ4n) is 4.38. The van der Waals surface area contributed by atoms with Gasteiger partial charge in [-0.25, -0.2) is 0 Å². The van der Waals surface area contributed by atoms with Crippen LogP contribution in [0.25, 0.3) is 0 Å². The fraction of sp³-hybridized carbons (Fsp3) is 0.500. The zero-order valence-electron chi connectivity index (χ0n) is 17.4. The highest BCUT2D eigenvalue weighted by molar-refractivity contribution is 7.17. The van der Waals surface area contributed by atoms with Gasteiger partial charge in [0.25, 0.3) is 11.8 Å². The Morgan fingerprint density at radius 3 is 2.45 bits per heavy atom. The molecule has 0 saturated carbocycles. The summed E-state index contributed by atoms with van der Waals surface area (Å²) in [5.74, 6) is 0.600. The average molecular weight is 411 g/mol. The van der Waals surface area contributed by atoms with Gasteiger partial charge in [0.15, 0.2) is 0 Å². The van der Waals surface area contributed by atoms with E-state index in [2.05, 4.69) is 12.2 Å². The van der Waals surface area contributed by atoms with E-state index in [1.165, 1.54) is 23.3 Å². The van der Waals surface area contributed by atoms with E-state index in [-0.39, 0.29) is 11.8 Å². The minimum atomic E-state index is -0.137. The standard InChI is InChI=1S/C24H30N2O2S/c1-16-7-10-18(11-8-16)22(27)25-23-21(19-12-9-17(2)15-20(19)29-23)24(28)26-13-5-3-4-6-14-26/h7-8,10-11,17H,3-6,9,12-15H2,1-2H3,(H,25,27)/t17-/m0/s1. The molecule has 1 N–H and O–H groups in total. The van der Waals surface area contributed by atoms with E-state index in [1.807, 2.05) is 36.1 Å². The first-order chi connectivity index (χ1) is 14.0. The molecule has 5 heteroatoms. The lowest BCUT2D eigenvalue weighted by molar-refractivity contribution is 0.0761. The molecule has 154 valence electrons. The Hall–Kier alpha value is -2.14. The molecule has 1 saturated heterocycles. The molecule has 2 amide bonds. The van der Waals surface area contributed by atoms with Crippen molar-refractivity contribution in [1.29, 1.82) is 0 Å². The quantitative estimate of drug-likeness (QED) is 0.731. The van der Waals surface area contributed by atoms with Crippen LogP contribution in [0.4, 0.5) is 5.00 Å². The van der Waals surface area contributed by atoms with Gasteiger partial charge in [-0.3, -0.25) is 9.59 Å². The molecule has 2 aromatic rings. The molecule has 0 radical (unpaired) electrons. The van der Waals surface area contributed by atoms with E-state index in [0.29, 0.717) is 11.5 Å². The van der Waals surface area contributed by atoms with Gasteiger partial charge < -0.3 is 10.2 Å². The number of rotatable bonds is 3. The molecule has 2 heterocycles. The van der Waals surface area contributed by atoms with Crippen molar-refractivity contribution < 1.29 is 9.59 Å². The van der Waals surface area contributed by atoms with E-state index in [0.717, 1.165) is 61.3 Å². The Morgan fingerprint density at radius 1 is 1.07 bits per heavy atom. The molecule has 1 aromatic carbocycles. The van der Waals surface area contributed by atoms with Crippen molar-refractivity contribution >= 4 is 28.2 Å². The van der Waals surface area contributed by atoms with Crippen LogP contribution < -0.4 is 5.32 Å². The molecule has 0 spiro atoms. The Labute approximate surface area is 177 Å². The summed E-state index contributed by atoms with van der Waals surface area (Å²) in [6.45, 7) is 5.92. The van der Waals surface area contributed by atoms with Crippen LogP contribution in [-0.2, 0) is 12.8 Å². The van der Waals surface area contributed by atoms with Crippen molar-refractivity contribution in [2.75, 3.05) is 18.4 Å². The molecule has 1 fully saturated rings. The van der Waals surface area contributed by atoms with Gasteiger partial charge in [-0.05, 0) is 62.6 Å². The Morgan fingerprint density at radius 2 is 1.76 bits per heavy atom. The van der Waals surface area contributed by atoms with Crippen LogP contribution in [0.2, 0.25) is 0 Å². The minimum Gasteiger partial charge on any atom is -0.339 e. The maximum absolute atomic E-state index is 13.5. The van der Waals surface area contributed by atoms with Crippen LogP contribution in [0, 0.1) is 12.8 Å². The summed E-state index contributed by atoms with van der Waals surface area (Å²) in [5.41, 5.74) is 3.70. The number of nitrogens with zero attached hydrogens (tertiary/aromatic N) is 1. The van der Waals surface area contributed by atoms with Crippen molar-refractivity contribution in [3.63, 3.8) is 0 Å². The number of likely N-dealkylation sites (tertiary alicyclic amines) is 1. The first kappa shape index (κ1) is 20.1. The summed E-state index contributed by atoms with van der Waals surface area (Å²) in [5, 5.41) is 3.83. The van der Waals surface area contributed by atoms with E-state index in [4.69, 9.17) is 0 Å². The number of thiophene rings is 1. The third kappa shape index (κ3) is 4.40. The third-order valence-corrected chi connectivity index (χ3v) is 7.33. The van der Waals surface area contributed by atoms with Crippen LogP contribution in [0.1, 0.15) is 75.7 Å². The lowest BCUT2D eigenvalue weighted by Crippen LogP contribution is -2.33. The Kier molecular flexibility index (Phi) is 6.04. The van der Waals surface area contributed by atoms with E-state index < -0.39 is 0 Å². The van der Waals surface area contributed by atoms with Gasteiger partial charge in [0.1, 0.15) is 5.00 Å². The van der Waals surface area contributed by atoms with Gasteiger partial charge in [0.2, 0.25) is 0 Å². The summed E-state index contributed by atoms with van der Waals surface area (Å²) < 4.78 is 0. The normalized spacial score (nSPS) is 19.4. The van der Waals surface area contributed by atoms with Gasteiger partial charge in [-0.15, -0.1) is 11.3 Å². The zero-order chi connectivity index (χ0) is 20.4. The highest BCUT2D eigenvalue weighted by Crippen LogP contribution is 2.40. The van der Waals surface area contributed by atoms with Crippen molar-refractivity contribution in [3.05, 3.63) is 51.4 Å². The monoisotopic (exact) mass is 410 g/mol. The lowest BCUT2D eigenvalue weighted by Gasteiger charge is -2.23. The van der Waals surface area contributed by atoms with Gasteiger partial charge >= 0.3 is 0 Å². The van der Waals surface area contributed by atoms with E-state index in [9.17, 15) is 9.59 Å². The summed E-state index contributed by atoms with van der Waals surface area (Å²) in [6.07, 6.45) is 7.57. The number of carbonyl (C=O) groups is 2. The highest BCUT2D eigenvalue weighted by atomic mass is 32.1. The molecule has 4 rings (SSSR count). The number of anilines is 1. The molecule has 29 heavy (non-hydrogen) atoms. The van der Waals surface area contributed by atoms with Crippen molar-refractivity contribution in [1.82, 2.24) is 4.90 Å². The van der Waals surface area contributed by atoms with Crippen LogP contribution >= 0.6 is 11.3 Å². The SMILES string of the molecule is Cc1ccc(C(=O)Nc2sc3c(c2C(=O)N2CCCCCC2)CC[C@H](C)C3)cc1. The highest BCUT2D eigenvalue weighted by Gasteiger charge is 2.31. The molecule has 1 aliphatic carbocycles. The smallest absolute Gasteiger partial charge is 0.257 e. The minimum absolute atomic E-state index is 0.109. The number of hydrogen-bond donors (Lipinski definition) is 1. The zero-order valence-corrected chi connectivity index (χ0v) is 18.2. The van der Waals surface area contributed by atoms with Crippen molar-refractivity contribution in [2.45, 2.75) is 58.8 Å². The molecule has 0 unspecified atom stereocenters. The number of benzene rings is 1. The molecule has 1 aromatic heterocycles. The van der Waals surface area contributed by atoms with E-state index >= 15 is 0 Å². The second kappa shape index (κ2) is 8.70. The molecular formula is C24H30N2O2S. The van der Waals surface area contributed by atoms with Crippen molar-refractivity contribution in [3.8, 4) is 0 Å². The van der Waals surface area contributed by atoms with Gasteiger partial charge in [-0.2, -0.15) is 0 Å². The fourth-order valence-corrected chi connectivity index (χ4v) is 5.78. The Bertz CT molecular complexity index is 892. The first-order valence-electron chi connectivity index (χ1n) is 10.8. The van der Waals surface area contributed by atoms with Gasteiger partial charge in [-0.1, -0.05) is 37.5 Å². The Balaban J connectivity index is 1.66. The summed E-state index contributed by atoms with van der Waals surface area (Å²) in [4.78, 5) is 29.7. The maximum atomic E-state index is 13.5. The summed E-state index contributed by atoms with van der Waals surface area (Å²) in [7, 11) is 0. The number of fused-ring (bicyclic) bond motifs is 1. The summed E-state index contributed by atoms with van der Waals surface area (Å²) >= 11 is 1.61. The molecule has 4 nitrogen and oxygen atoms in total. The second-order valence-electron chi connectivity index (χ2n) is 8.58. The van der Waals surface area contributed by atoms with Crippen molar-refractivity contribution in [2.24, 2.45) is 5.92 Å². The molecule has 2 aliphatic rings. The first-order valence-corrected chi connectivity index (χ1v) is 11.7. The van der Waals surface area contributed by atoms with E-state index in [1.54, 1.807) is 11.3 Å². The number of nitrogens with one attached hydrogen (secondary N) is 1. The summed E-state index contributed by atoms with van der Waals surface area (Å²) in [6, 6.07) is 7.58.